The molecule has 0 bridgehead atoms. The average molecular weight is 581 g/mol. The molecule has 0 radical (unpaired) electrons. The molecule has 1 aromatic heterocycles. The lowest BCUT2D eigenvalue weighted by Crippen LogP contribution is -2.55. The van der Waals surface area contributed by atoms with E-state index in [0.717, 1.165) is 49.4 Å². The third kappa shape index (κ3) is 4.21. The van der Waals surface area contributed by atoms with Crippen molar-refractivity contribution in [1.82, 2.24) is 13.9 Å². The molecule has 2 aromatic rings. The van der Waals surface area contributed by atoms with Gasteiger partial charge >= 0.3 is 12.2 Å². The second kappa shape index (κ2) is 9.24. The number of hydrogen-bond acceptors (Lipinski definition) is 7. The lowest BCUT2D eigenvalue weighted by atomic mass is 9.75. The Kier molecular flexibility index (Phi) is 6.38. The Bertz CT molecular complexity index is 1240. The van der Waals surface area contributed by atoms with Gasteiger partial charge in [0.05, 0.1) is 41.0 Å². The van der Waals surface area contributed by atoms with Crippen LogP contribution < -0.4 is 14.5 Å². The fourth-order valence-electron chi connectivity index (χ4n) is 4.79. The van der Waals surface area contributed by atoms with Crippen molar-refractivity contribution in [2.45, 2.75) is 49.9 Å². The number of carbonyl (C=O) groups excluding carboxylic acids is 1. The molecule has 3 fully saturated rings. The molecule has 188 valence electrons. The standard InChI is InChI=1S/C23H20BrF3N6O2S/c24-31-8-4-17(5-9-31)35-20-29-12-16(13-30-20)33-21(36)32(19(34)22(33)6-1-7-22)15-3-2-14(11-28)18(10-15)23(25,26)27/h2-3,10,12-13,17H,1,4-9H2. The lowest BCUT2D eigenvalue weighted by molar-refractivity contribution is -0.137. The first-order valence-electron chi connectivity index (χ1n) is 11.3. The molecule has 8 nitrogen and oxygen atoms in total. The highest BCUT2D eigenvalue weighted by molar-refractivity contribution is 9.07. The number of thiocarbonyl (C=S) groups is 1. The van der Waals surface area contributed by atoms with E-state index in [-0.39, 0.29) is 22.9 Å². The fourth-order valence-corrected chi connectivity index (χ4v) is 5.67. The van der Waals surface area contributed by atoms with Crippen molar-refractivity contribution in [3.05, 3.63) is 41.7 Å². The number of anilines is 2. The van der Waals surface area contributed by atoms with Crippen LogP contribution in [0.5, 0.6) is 6.01 Å². The Morgan fingerprint density at radius 2 is 1.83 bits per heavy atom. The van der Waals surface area contributed by atoms with Gasteiger partial charge in [0.1, 0.15) is 11.6 Å². The first kappa shape index (κ1) is 24.9. The number of carbonyl (C=O) groups is 1. The zero-order valence-corrected chi connectivity index (χ0v) is 21.2. The van der Waals surface area contributed by atoms with Crippen LogP contribution >= 0.6 is 28.4 Å². The van der Waals surface area contributed by atoms with Crippen LogP contribution in [0.3, 0.4) is 0 Å². The maximum Gasteiger partial charge on any atom is 0.417 e. The van der Waals surface area contributed by atoms with Gasteiger partial charge in [-0.2, -0.15) is 18.4 Å². The van der Waals surface area contributed by atoms with Crippen molar-refractivity contribution in [3.63, 3.8) is 0 Å². The molecule has 2 aliphatic heterocycles. The summed E-state index contributed by atoms with van der Waals surface area (Å²) in [6.07, 6.45) is 1.68. The van der Waals surface area contributed by atoms with Crippen molar-refractivity contribution >= 4 is 50.8 Å². The number of nitriles is 1. The molecule has 13 heteroatoms. The predicted molar refractivity (Wildman–Crippen MR) is 131 cm³/mol. The minimum atomic E-state index is -4.76. The van der Waals surface area contributed by atoms with Gasteiger partial charge < -0.3 is 4.74 Å². The SMILES string of the molecule is N#Cc1ccc(N2C(=O)C3(CCC3)N(c3cnc(OC4CCN(Br)CC4)nc3)C2=S)cc1C(F)(F)F. The van der Waals surface area contributed by atoms with E-state index in [1.807, 2.05) is 3.93 Å². The van der Waals surface area contributed by atoms with E-state index >= 15 is 0 Å². The van der Waals surface area contributed by atoms with Gasteiger partial charge in [0.2, 0.25) is 0 Å². The Hall–Kier alpha value is -2.82. The number of halogens is 4. The summed E-state index contributed by atoms with van der Waals surface area (Å²) in [5.74, 6) is -0.404. The second-order valence-corrected chi connectivity index (χ2v) is 10.3. The lowest BCUT2D eigenvalue weighted by Gasteiger charge is -2.42. The van der Waals surface area contributed by atoms with E-state index in [9.17, 15) is 18.0 Å². The van der Waals surface area contributed by atoms with Gasteiger partial charge in [0, 0.05) is 29.2 Å². The molecule has 1 spiro atoms. The van der Waals surface area contributed by atoms with Crippen molar-refractivity contribution in [3.8, 4) is 12.1 Å². The molecular formula is C23H20BrF3N6O2S. The van der Waals surface area contributed by atoms with Gasteiger partial charge in [0.25, 0.3) is 5.91 Å². The van der Waals surface area contributed by atoms with Gasteiger partial charge in [-0.25, -0.2) is 13.9 Å². The third-order valence-electron chi connectivity index (χ3n) is 6.81. The molecule has 3 heterocycles. The maximum absolute atomic E-state index is 13.6. The molecular weight excluding hydrogens is 561 g/mol. The highest BCUT2D eigenvalue weighted by atomic mass is 79.9. The van der Waals surface area contributed by atoms with E-state index in [0.29, 0.717) is 18.5 Å². The molecule has 2 saturated heterocycles. The van der Waals surface area contributed by atoms with Crippen LogP contribution in [-0.4, -0.2) is 49.6 Å². The molecule has 3 aliphatic rings. The maximum atomic E-state index is 13.6. The van der Waals surface area contributed by atoms with E-state index in [1.165, 1.54) is 18.5 Å². The molecule has 0 atom stereocenters. The van der Waals surface area contributed by atoms with Crippen molar-refractivity contribution in [1.29, 1.82) is 5.26 Å². The quantitative estimate of drug-likeness (QED) is 0.384. The molecule has 1 aliphatic carbocycles. The largest absolute Gasteiger partial charge is 0.460 e. The number of amides is 1. The number of rotatable bonds is 4. The smallest absolute Gasteiger partial charge is 0.417 e. The van der Waals surface area contributed by atoms with E-state index < -0.39 is 28.7 Å². The van der Waals surface area contributed by atoms with E-state index in [4.69, 9.17) is 22.2 Å². The van der Waals surface area contributed by atoms with Crippen LogP contribution in [-0.2, 0) is 11.0 Å². The molecule has 5 rings (SSSR count). The molecule has 0 N–H and O–H groups in total. The Morgan fingerprint density at radius 1 is 1.17 bits per heavy atom. The van der Waals surface area contributed by atoms with Crippen LogP contribution in [0.15, 0.2) is 30.6 Å². The molecule has 36 heavy (non-hydrogen) atoms. The molecule has 1 amide bonds. The Balaban J connectivity index is 1.43. The van der Waals surface area contributed by atoms with Crippen molar-refractivity contribution < 1.29 is 22.7 Å². The van der Waals surface area contributed by atoms with Crippen LogP contribution in [0.25, 0.3) is 0 Å². The van der Waals surface area contributed by atoms with Crippen molar-refractivity contribution in [2.75, 3.05) is 22.9 Å². The summed E-state index contributed by atoms with van der Waals surface area (Å²) in [4.78, 5) is 24.9. The highest BCUT2D eigenvalue weighted by Gasteiger charge is 2.60. The van der Waals surface area contributed by atoms with Gasteiger partial charge in [0.15, 0.2) is 5.11 Å². The number of benzene rings is 1. The normalized spacial score (nSPS) is 20.5. The molecule has 1 saturated carbocycles. The number of hydrogen-bond donors (Lipinski definition) is 0. The van der Waals surface area contributed by atoms with Crippen LogP contribution in [0.4, 0.5) is 24.5 Å². The summed E-state index contributed by atoms with van der Waals surface area (Å²) >= 11 is 9.07. The molecule has 0 unspecified atom stereocenters. The topological polar surface area (TPSA) is 85.6 Å². The zero-order valence-electron chi connectivity index (χ0n) is 18.8. The Morgan fingerprint density at radius 3 is 2.39 bits per heavy atom. The number of nitrogens with zero attached hydrogens (tertiary/aromatic N) is 6. The minimum absolute atomic E-state index is 0.00762. The first-order valence-corrected chi connectivity index (χ1v) is 12.5. The van der Waals surface area contributed by atoms with Gasteiger partial charge in [-0.05, 0) is 62.5 Å². The monoisotopic (exact) mass is 580 g/mol. The minimum Gasteiger partial charge on any atom is -0.460 e. The first-order chi connectivity index (χ1) is 17.1. The summed E-state index contributed by atoms with van der Waals surface area (Å²) < 4.78 is 48.6. The summed E-state index contributed by atoms with van der Waals surface area (Å²) in [7, 11) is 0. The summed E-state index contributed by atoms with van der Waals surface area (Å²) in [6.45, 7) is 1.69. The number of piperidine rings is 1. The second-order valence-electron chi connectivity index (χ2n) is 8.93. The summed E-state index contributed by atoms with van der Waals surface area (Å²) in [5.41, 5.74) is -2.22. The summed E-state index contributed by atoms with van der Waals surface area (Å²) in [5, 5.41) is 9.15. The molecule has 1 aromatic carbocycles. The fraction of sp³-hybridized carbons (Fsp3) is 0.435. The number of aromatic nitrogens is 2. The van der Waals surface area contributed by atoms with Gasteiger partial charge in [-0.1, -0.05) is 0 Å². The number of ether oxygens (including phenoxy) is 1. The van der Waals surface area contributed by atoms with E-state index in [1.54, 1.807) is 11.0 Å². The van der Waals surface area contributed by atoms with E-state index in [2.05, 4.69) is 26.1 Å². The third-order valence-corrected chi connectivity index (χ3v) is 7.89. The van der Waals surface area contributed by atoms with Crippen LogP contribution in [0.2, 0.25) is 0 Å². The van der Waals surface area contributed by atoms with Crippen LogP contribution in [0, 0.1) is 11.3 Å². The summed E-state index contributed by atoms with van der Waals surface area (Å²) in [6, 6.07) is 4.92. The zero-order chi connectivity index (χ0) is 25.7. The highest BCUT2D eigenvalue weighted by Crippen LogP contribution is 2.48. The van der Waals surface area contributed by atoms with Crippen LogP contribution in [0.1, 0.15) is 43.2 Å². The predicted octanol–water partition coefficient (Wildman–Crippen LogP) is 4.58. The average Bonchev–Trinajstić information content (AvgIpc) is 3.07. The Labute approximate surface area is 219 Å². The van der Waals surface area contributed by atoms with Gasteiger partial charge in [-0.3, -0.25) is 14.6 Å². The van der Waals surface area contributed by atoms with Gasteiger partial charge in [-0.15, -0.1) is 0 Å². The number of alkyl halides is 3. The van der Waals surface area contributed by atoms with Crippen molar-refractivity contribution in [2.24, 2.45) is 0 Å².